The fraction of sp³-hybridized carbons (Fsp3) is 0. The minimum Gasteiger partial charge on any atom is -0.198 e. The van der Waals surface area contributed by atoms with Crippen molar-refractivity contribution in [1.29, 1.82) is 0 Å². The molecular weight excluding hydrogens is 224 g/mol. The van der Waals surface area contributed by atoms with Gasteiger partial charge in [-0.05, 0) is 12.1 Å². The van der Waals surface area contributed by atoms with Crippen LogP contribution >= 0.6 is 0 Å². The molecule has 1 heterocycles. The van der Waals surface area contributed by atoms with Crippen molar-refractivity contribution >= 4 is 33.5 Å². The van der Waals surface area contributed by atoms with Gasteiger partial charge in [0, 0.05) is 0 Å². The van der Waals surface area contributed by atoms with E-state index in [1.54, 1.807) is 12.1 Å². The number of benzene rings is 1. The Hall–Kier alpha value is -1.41. The molecule has 14 heavy (non-hydrogen) atoms. The molecule has 2 rings (SSSR count). The van der Waals surface area contributed by atoms with Crippen LogP contribution in [0.15, 0.2) is 26.9 Å². The largest absolute Gasteiger partial charge is 0.295 e. The predicted molar refractivity (Wildman–Crippen MR) is 50.9 cm³/mol. The van der Waals surface area contributed by atoms with E-state index in [4.69, 9.17) is 0 Å². The average molecular weight is 228 g/mol. The second-order valence-corrected chi connectivity index (χ2v) is 4.48. The van der Waals surface area contributed by atoms with Gasteiger partial charge >= 0.3 is 0 Å². The Morgan fingerprint density at radius 2 is 2.14 bits per heavy atom. The minimum absolute atomic E-state index is 0.0289. The third kappa shape index (κ3) is 1.28. The lowest BCUT2D eigenvalue weighted by molar-refractivity contribution is 0.599. The molecule has 0 aliphatic rings. The number of nitrogens with zero attached hydrogens (tertiary/aromatic N) is 3. The molecule has 72 valence electrons. The van der Waals surface area contributed by atoms with Gasteiger partial charge in [0.05, 0.1) is 12.4 Å². The molecule has 1 aromatic carbocycles. The van der Waals surface area contributed by atoms with Crippen LogP contribution in [0.4, 0.5) is 0 Å². The molecule has 2 aromatic rings. The zero-order chi connectivity index (χ0) is 10.2. The molecule has 0 saturated carbocycles. The van der Waals surface area contributed by atoms with E-state index in [9.17, 15) is 8.42 Å². The van der Waals surface area contributed by atoms with Gasteiger partial charge in [0.1, 0.15) is 15.9 Å². The monoisotopic (exact) mass is 228 g/mol. The predicted octanol–water partition coefficient (Wildman–Crippen LogP) is 0.377. The Labute approximate surface area is 84.6 Å². The first-order valence-corrected chi connectivity index (χ1v) is 5.35. The molecule has 0 saturated heterocycles. The number of hydrogen-bond acceptors (Lipinski definition) is 5. The summed E-state index contributed by atoms with van der Waals surface area (Å²) in [6.45, 7) is 0. The van der Waals surface area contributed by atoms with Crippen LogP contribution in [0.25, 0.3) is 11.0 Å². The summed E-state index contributed by atoms with van der Waals surface area (Å²) in [4.78, 5) is -0.0289. The number of fused-ring (bicyclic) bond motifs is 1. The number of para-hydroxylation sites is 1. The number of sulfonamides is 1. The SMILES string of the molecule is O=S(=O)(N=S)c1cccc2n[nH]nc12. The van der Waals surface area contributed by atoms with Crippen LogP contribution < -0.4 is 0 Å². The maximum absolute atomic E-state index is 11.4. The normalized spacial score (nSPS) is 11.7. The highest BCUT2D eigenvalue weighted by atomic mass is 32.2. The maximum Gasteiger partial charge on any atom is 0.295 e. The molecule has 6 nitrogen and oxygen atoms in total. The standard InChI is InChI=1S/C6H4N4O2S2/c11-14(12,10-13)5-3-1-2-4-6(5)8-9-7-4/h1-3H,(H,7,8,9). The first-order chi connectivity index (χ1) is 6.65. The fourth-order valence-electron chi connectivity index (χ4n) is 1.09. The van der Waals surface area contributed by atoms with E-state index in [-0.39, 0.29) is 10.4 Å². The number of rotatable bonds is 2. The zero-order valence-corrected chi connectivity index (χ0v) is 8.34. The Balaban J connectivity index is 2.87. The summed E-state index contributed by atoms with van der Waals surface area (Å²) in [5.41, 5.74) is 0.714. The van der Waals surface area contributed by atoms with Gasteiger partial charge in [-0.15, -0.1) is 0 Å². The first-order valence-electron chi connectivity index (χ1n) is 3.54. The van der Waals surface area contributed by atoms with Crippen molar-refractivity contribution in [3.63, 3.8) is 0 Å². The summed E-state index contributed by atoms with van der Waals surface area (Å²) in [5.74, 6) is 0. The van der Waals surface area contributed by atoms with Crippen molar-refractivity contribution in [3.05, 3.63) is 18.2 Å². The quantitative estimate of drug-likeness (QED) is 0.802. The maximum atomic E-state index is 11.4. The van der Waals surface area contributed by atoms with Crippen LogP contribution in [0, 0.1) is 0 Å². The van der Waals surface area contributed by atoms with Gasteiger partial charge in [0.2, 0.25) is 0 Å². The lowest BCUT2D eigenvalue weighted by Gasteiger charge is -1.95. The molecule has 1 aromatic heterocycles. The Kier molecular flexibility index (Phi) is 2.01. The van der Waals surface area contributed by atoms with E-state index in [0.717, 1.165) is 0 Å². The third-order valence-corrected chi connectivity index (χ3v) is 3.36. The van der Waals surface area contributed by atoms with Gasteiger partial charge in [0.15, 0.2) is 0 Å². The van der Waals surface area contributed by atoms with Gasteiger partial charge in [-0.3, -0.25) is 0 Å². The minimum atomic E-state index is -3.78. The summed E-state index contributed by atoms with van der Waals surface area (Å²) < 4.78 is 25.6. The molecule has 0 aliphatic carbocycles. The Bertz CT molecular complexity index is 589. The number of nitrogens with one attached hydrogen (secondary N) is 1. The molecule has 0 radical (unpaired) electrons. The lowest BCUT2D eigenvalue weighted by Crippen LogP contribution is -1.96. The first kappa shape index (κ1) is 9.16. The van der Waals surface area contributed by atoms with Gasteiger partial charge < -0.3 is 0 Å². The van der Waals surface area contributed by atoms with Crippen LogP contribution in [-0.4, -0.2) is 23.8 Å². The molecule has 1 N–H and O–H groups in total. The Morgan fingerprint density at radius 1 is 1.36 bits per heavy atom. The van der Waals surface area contributed by atoms with E-state index in [2.05, 4.69) is 31.6 Å². The number of aromatic amines is 1. The van der Waals surface area contributed by atoms with Crippen molar-refractivity contribution in [1.82, 2.24) is 15.4 Å². The second kappa shape index (κ2) is 3.07. The molecular formula is C6H4N4O2S2. The van der Waals surface area contributed by atoms with E-state index in [0.29, 0.717) is 5.52 Å². The van der Waals surface area contributed by atoms with Gasteiger partial charge in [0.25, 0.3) is 10.0 Å². The second-order valence-electron chi connectivity index (χ2n) is 2.50. The van der Waals surface area contributed by atoms with Gasteiger partial charge in [-0.1, -0.05) is 9.83 Å². The van der Waals surface area contributed by atoms with Crippen LogP contribution in [0.1, 0.15) is 0 Å². The molecule has 0 amide bonds. The molecule has 0 atom stereocenters. The third-order valence-electron chi connectivity index (χ3n) is 1.69. The van der Waals surface area contributed by atoms with Crippen molar-refractivity contribution in [2.24, 2.45) is 3.77 Å². The van der Waals surface area contributed by atoms with E-state index in [1.807, 2.05) is 0 Å². The van der Waals surface area contributed by atoms with Crippen molar-refractivity contribution in [2.45, 2.75) is 4.90 Å². The number of hydrogen-bond donors (Lipinski definition) is 1. The summed E-state index contributed by atoms with van der Waals surface area (Å²) in [6, 6.07) is 4.58. The van der Waals surface area contributed by atoms with E-state index < -0.39 is 10.0 Å². The van der Waals surface area contributed by atoms with E-state index >= 15 is 0 Å². The molecule has 0 fully saturated rings. The highest BCUT2D eigenvalue weighted by molar-refractivity contribution is 7.93. The highest BCUT2D eigenvalue weighted by Crippen LogP contribution is 2.20. The van der Waals surface area contributed by atoms with E-state index in [1.165, 1.54) is 6.07 Å². The molecule has 0 bridgehead atoms. The summed E-state index contributed by atoms with van der Waals surface area (Å²) >= 11 is 4.19. The summed E-state index contributed by atoms with van der Waals surface area (Å²) in [5, 5.41) is 9.80. The van der Waals surface area contributed by atoms with Crippen LogP contribution in [-0.2, 0) is 22.4 Å². The van der Waals surface area contributed by atoms with Gasteiger partial charge in [-0.25, -0.2) is 0 Å². The zero-order valence-electron chi connectivity index (χ0n) is 6.71. The summed E-state index contributed by atoms with van der Waals surface area (Å²) in [7, 11) is -3.78. The summed E-state index contributed by atoms with van der Waals surface area (Å²) in [6.07, 6.45) is 0. The molecule has 0 spiro atoms. The molecule has 0 unspecified atom stereocenters. The molecule has 0 aliphatic heterocycles. The average Bonchev–Trinajstić information content (AvgIpc) is 2.64. The van der Waals surface area contributed by atoms with Gasteiger partial charge in [-0.2, -0.15) is 23.8 Å². The van der Waals surface area contributed by atoms with Crippen LogP contribution in [0.5, 0.6) is 0 Å². The molecule has 8 heteroatoms. The van der Waals surface area contributed by atoms with Crippen LogP contribution in [0.2, 0.25) is 0 Å². The van der Waals surface area contributed by atoms with Crippen LogP contribution in [0.3, 0.4) is 0 Å². The smallest absolute Gasteiger partial charge is 0.198 e. The topological polar surface area (TPSA) is 88.1 Å². The Morgan fingerprint density at radius 3 is 2.86 bits per heavy atom. The fourth-order valence-corrected chi connectivity index (χ4v) is 2.06. The van der Waals surface area contributed by atoms with Crippen molar-refractivity contribution < 1.29 is 8.42 Å². The van der Waals surface area contributed by atoms with Crippen molar-refractivity contribution in [2.75, 3.05) is 0 Å². The number of H-pyrrole nitrogens is 1. The highest BCUT2D eigenvalue weighted by Gasteiger charge is 2.17. The van der Waals surface area contributed by atoms with Crippen molar-refractivity contribution in [3.8, 4) is 0 Å². The lowest BCUT2D eigenvalue weighted by atomic mass is 10.3. The number of aromatic nitrogens is 3.